The SMILES string of the molecule is O=C(O)Cn1cc(/C=N/NC(=O)Cc2ccc(F)cc2)c2ccccc21. The van der Waals surface area contributed by atoms with Gasteiger partial charge in [0.15, 0.2) is 0 Å². The van der Waals surface area contributed by atoms with Crippen LogP contribution in [-0.4, -0.2) is 27.8 Å². The molecule has 1 heterocycles. The number of hydrogen-bond acceptors (Lipinski definition) is 3. The number of rotatable bonds is 6. The highest BCUT2D eigenvalue weighted by atomic mass is 19.1. The first-order valence-electron chi connectivity index (χ1n) is 7.89. The molecule has 2 N–H and O–H groups in total. The number of carbonyl (C=O) groups excluding carboxylic acids is 1. The quantitative estimate of drug-likeness (QED) is 0.528. The van der Waals surface area contributed by atoms with E-state index in [-0.39, 0.29) is 24.7 Å². The summed E-state index contributed by atoms with van der Waals surface area (Å²) in [6.45, 7) is -0.161. The third-order valence-electron chi connectivity index (χ3n) is 3.80. The van der Waals surface area contributed by atoms with Gasteiger partial charge in [0.2, 0.25) is 5.91 Å². The fourth-order valence-corrected chi connectivity index (χ4v) is 2.66. The van der Waals surface area contributed by atoms with Gasteiger partial charge in [-0.25, -0.2) is 9.82 Å². The second-order valence-electron chi connectivity index (χ2n) is 5.72. The molecular formula is C19H16FN3O3. The van der Waals surface area contributed by atoms with E-state index in [0.29, 0.717) is 11.1 Å². The third kappa shape index (κ3) is 4.13. The number of para-hydroxylation sites is 1. The van der Waals surface area contributed by atoms with Gasteiger partial charge in [-0.3, -0.25) is 9.59 Å². The molecule has 0 atom stereocenters. The smallest absolute Gasteiger partial charge is 0.323 e. The molecule has 0 saturated carbocycles. The van der Waals surface area contributed by atoms with E-state index in [1.54, 1.807) is 10.8 Å². The van der Waals surface area contributed by atoms with Crippen molar-refractivity contribution in [2.24, 2.45) is 5.10 Å². The maximum atomic E-state index is 12.9. The summed E-state index contributed by atoms with van der Waals surface area (Å²) in [6, 6.07) is 13.0. The monoisotopic (exact) mass is 353 g/mol. The van der Waals surface area contributed by atoms with Gasteiger partial charge >= 0.3 is 5.97 Å². The van der Waals surface area contributed by atoms with Crippen LogP contribution in [0.1, 0.15) is 11.1 Å². The molecule has 0 unspecified atom stereocenters. The van der Waals surface area contributed by atoms with Crippen LogP contribution in [0, 0.1) is 5.82 Å². The largest absolute Gasteiger partial charge is 0.480 e. The van der Waals surface area contributed by atoms with E-state index in [2.05, 4.69) is 10.5 Å². The Balaban J connectivity index is 1.71. The van der Waals surface area contributed by atoms with Crippen molar-refractivity contribution in [2.45, 2.75) is 13.0 Å². The van der Waals surface area contributed by atoms with E-state index in [0.717, 1.165) is 10.9 Å². The number of amides is 1. The molecule has 0 aliphatic rings. The first kappa shape index (κ1) is 17.3. The maximum absolute atomic E-state index is 12.9. The molecule has 0 aliphatic heterocycles. The van der Waals surface area contributed by atoms with E-state index in [1.807, 2.05) is 24.3 Å². The summed E-state index contributed by atoms with van der Waals surface area (Å²) in [5, 5.41) is 13.8. The molecule has 0 aliphatic carbocycles. The summed E-state index contributed by atoms with van der Waals surface area (Å²) in [6.07, 6.45) is 3.23. The Labute approximate surface area is 148 Å². The lowest BCUT2D eigenvalue weighted by atomic mass is 10.1. The molecule has 0 radical (unpaired) electrons. The van der Waals surface area contributed by atoms with Gasteiger partial charge in [0.25, 0.3) is 0 Å². The number of carboxylic acids is 1. The Bertz CT molecular complexity index is 977. The lowest BCUT2D eigenvalue weighted by molar-refractivity contribution is -0.137. The standard InChI is InChI=1S/C19H16FN3O3/c20-15-7-5-13(6-8-15)9-18(24)22-21-10-14-11-23(12-19(25)26)17-4-2-1-3-16(14)17/h1-8,10-11H,9,12H2,(H,22,24)(H,25,26)/b21-10+. The third-order valence-corrected chi connectivity index (χ3v) is 3.80. The van der Waals surface area contributed by atoms with Crippen LogP contribution >= 0.6 is 0 Å². The summed E-state index contributed by atoms with van der Waals surface area (Å²) in [5.74, 6) is -1.63. The number of fused-ring (bicyclic) bond motifs is 1. The van der Waals surface area contributed by atoms with E-state index in [4.69, 9.17) is 5.11 Å². The fourth-order valence-electron chi connectivity index (χ4n) is 2.66. The van der Waals surface area contributed by atoms with Crippen LogP contribution in [0.25, 0.3) is 10.9 Å². The minimum atomic E-state index is -0.943. The number of hydrazone groups is 1. The summed E-state index contributed by atoms with van der Waals surface area (Å²) in [7, 11) is 0. The minimum Gasteiger partial charge on any atom is -0.480 e. The Morgan fingerprint density at radius 1 is 1.15 bits per heavy atom. The van der Waals surface area contributed by atoms with Crippen molar-refractivity contribution in [1.82, 2.24) is 9.99 Å². The molecule has 0 spiro atoms. The average Bonchev–Trinajstić information content (AvgIpc) is 2.94. The predicted octanol–water partition coefficient (Wildman–Crippen LogP) is 2.56. The Hall–Kier alpha value is -3.48. The van der Waals surface area contributed by atoms with E-state index in [9.17, 15) is 14.0 Å². The zero-order valence-corrected chi connectivity index (χ0v) is 13.7. The summed E-state index contributed by atoms with van der Waals surface area (Å²) >= 11 is 0. The normalized spacial score (nSPS) is 11.1. The summed E-state index contributed by atoms with van der Waals surface area (Å²) in [4.78, 5) is 22.9. The molecule has 0 saturated heterocycles. The molecule has 7 heteroatoms. The molecular weight excluding hydrogens is 337 g/mol. The Kier molecular flexibility index (Phi) is 5.07. The molecule has 2 aromatic carbocycles. The molecule has 3 aromatic rings. The van der Waals surface area contributed by atoms with Crippen molar-refractivity contribution in [3.8, 4) is 0 Å². The van der Waals surface area contributed by atoms with Crippen LogP contribution in [0.5, 0.6) is 0 Å². The van der Waals surface area contributed by atoms with E-state index >= 15 is 0 Å². The lowest BCUT2D eigenvalue weighted by Gasteiger charge is -2.00. The summed E-state index contributed by atoms with van der Waals surface area (Å²) in [5.41, 5.74) is 4.57. The first-order chi connectivity index (χ1) is 12.5. The van der Waals surface area contributed by atoms with Gasteiger partial charge in [-0.2, -0.15) is 5.10 Å². The molecule has 1 amide bonds. The van der Waals surface area contributed by atoms with Gasteiger partial charge in [0.05, 0.1) is 12.6 Å². The minimum absolute atomic E-state index is 0.0817. The molecule has 3 rings (SSSR count). The molecule has 132 valence electrons. The Morgan fingerprint density at radius 2 is 1.88 bits per heavy atom. The highest BCUT2D eigenvalue weighted by molar-refractivity contribution is 6.00. The van der Waals surface area contributed by atoms with Crippen LogP contribution < -0.4 is 5.43 Å². The van der Waals surface area contributed by atoms with Gasteiger partial charge in [-0.15, -0.1) is 0 Å². The van der Waals surface area contributed by atoms with Crippen LogP contribution in [-0.2, 0) is 22.6 Å². The van der Waals surface area contributed by atoms with Gasteiger partial charge in [-0.05, 0) is 23.8 Å². The van der Waals surface area contributed by atoms with Crippen LogP contribution in [0.3, 0.4) is 0 Å². The van der Waals surface area contributed by atoms with E-state index < -0.39 is 5.97 Å². The van der Waals surface area contributed by atoms with Gasteiger partial charge in [0, 0.05) is 22.7 Å². The van der Waals surface area contributed by atoms with Crippen LogP contribution in [0.4, 0.5) is 4.39 Å². The second kappa shape index (κ2) is 7.60. The van der Waals surface area contributed by atoms with Crippen molar-refractivity contribution < 1.29 is 19.1 Å². The van der Waals surface area contributed by atoms with Crippen molar-refractivity contribution in [2.75, 3.05) is 0 Å². The number of nitrogens with zero attached hydrogens (tertiary/aromatic N) is 2. The lowest BCUT2D eigenvalue weighted by Crippen LogP contribution is -2.19. The molecule has 26 heavy (non-hydrogen) atoms. The molecule has 0 fully saturated rings. The van der Waals surface area contributed by atoms with Crippen molar-refractivity contribution in [3.63, 3.8) is 0 Å². The van der Waals surface area contributed by atoms with Gasteiger partial charge in [0.1, 0.15) is 12.4 Å². The number of halogens is 1. The topological polar surface area (TPSA) is 83.7 Å². The van der Waals surface area contributed by atoms with E-state index in [1.165, 1.54) is 30.5 Å². The number of nitrogens with one attached hydrogen (secondary N) is 1. The number of benzene rings is 2. The molecule has 1 aromatic heterocycles. The number of carbonyl (C=O) groups is 2. The second-order valence-corrected chi connectivity index (χ2v) is 5.72. The van der Waals surface area contributed by atoms with Crippen molar-refractivity contribution in [3.05, 3.63) is 71.7 Å². The number of hydrogen-bond donors (Lipinski definition) is 2. The average molecular weight is 353 g/mol. The van der Waals surface area contributed by atoms with Crippen LogP contribution in [0.15, 0.2) is 59.8 Å². The van der Waals surface area contributed by atoms with Gasteiger partial charge in [-0.1, -0.05) is 30.3 Å². The molecule has 0 bridgehead atoms. The van der Waals surface area contributed by atoms with Crippen molar-refractivity contribution >= 4 is 29.0 Å². The zero-order chi connectivity index (χ0) is 18.5. The number of aliphatic carboxylic acids is 1. The highest BCUT2D eigenvalue weighted by Gasteiger charge is 2.09. The number of carboxylic acid groups (broad SMARTS) is 1. The van der Waals surface area contributed by atoms with Gasteiger partial charge < -0.3 is 9.67 Å². The van der Waals surface area contributed by atoms with Crippen molar-refractivity contribution in [1.29, 1.82) is 0 Å². The molecule has 6 nitrogen and oxygen atoms in total. The Morgan fingerprint density at radius 3 is 2.62 bits per heavy atom. The summed E-state index contributed by atoms with van der Waals surface area (Å²) < 4.78 is 14.5. The zero-order valence-electron chi connectivity index (χ0n) is 13.7. The highest BCUT2D eigenvalue weighted by Crippen LogP contribution is 2.19. The maximum Gasteiger partial charge on any atom is 0.323 e. The predicted molar refractivity (Wildman–Crippen MR) is 95.4 cm³/mol. The first-order valence-corrected chi connectivity index (χ1v) is 7.89. The number of aromatic nitrogens is 1. The van der Waals surface area contributed by atoms with Crippen LogP contribution in [0.2, 0.25) is 0 Å². The fraction of sp³-hybridized carbons (Fsp3) is 0.105.